The fraction of sp³-hybridized carbons (Fsp3) is 0.800. The predicted octanol–water partition coefficient (Wildman–Crippen LogP) is -2.03. The summed E-state index contributed by atoms with van der Waals surface area (Å²) in [6.07, 6.45) is -1.31. The molecular weight excluding hydrogens is 154 g/mol. The van der Waals surface area contributed by atoms with Gasteiger partial charge in [0.1, 0.15) is 5.60 Å². The lowest BCUT2D eigenvalue weighted by Crippen LogP contribution is -2.48. The molecule has 0 aromatic heterocycles. The summed E-state index contributed by atoms with van der Waals surface area (Å²) < 4.78 is 0. The van der Waals surface area contributed by atoms with Crippen molar-refractivity contribution >= 4 is 6.09 Å². The molecule has 0 aromatic rings. The predicted molar refractivity (Wildman–Crippen MR) is 35.1 cm³/mol. The molecule has 0 spiro atoms. The number of aliphatic hydroxyl groups is 3. The fourth-order valence-corrected chi connectivity index (χ4v) is 0.402. The molecule has 6 nitrogen and oxygen atoms in total. The van der Waals surface area contributed by atoms with Gasteiger partial charge in [-0.15, -0.1) is 0 Å². The number of amides is 1. The normalized spacial score (nSPS) is 11.2. The van der Waals surface area contributed by atoms with Crippen LogP contribution in [-0.2, 0) is 0 Å². The highest BCUT2D eigenvalue weighted by atomic mass is 16.4. The Balaban J connectivity index is 3.78. The van der Waals surface area contributed by atoms with Gasteiger partial charge in [-0.1, -0.05) is 0 Å². The van der Waals surface area contributed by atoms with Crippen molar-refractivity contribution in [1.82, 2.24) is 5.32 Å². The molecule has 0 fully saturated rings. The van der Waals surface area contributed by atoms with Crippen molar-refractivity contribution in [1.29, 1.82) is 0 Å². The fourth-order valence-electron chi connectivity index (χ4n) is 0.402. The average Bonchev–Trinajstić information content (AvgIpc) is 2.00. The Kier molecular flexibility index (Phi) is 3.80. The third-order valence-electron chi connectivity index (χ3n) is 1.16. The van der Waals surface area contributed by atoms with E-state index in [-0.39, 0.29) is 0 Å². The largest absolute Gasteiger partial charge is 0.465 e. The highest BCUT2D eigenvalue weighted by molar-refractivity contribution is 5.64. The molecule has 1 amide bonds. The van der Waals surface area contributed by atoms with Crippen LogP contribution in [-0.4, -0.2) is 51.9 Å². The topological polar surface area (TPSA) is 110 Å². The first-order chi connectivity index (χ1) is 5.04. The summed E-state index contributed by atoms with van der Waals surface area (Å²) in [6, 6.07) is 0. The number of carbonyl (C=O) groups is 1. The monoisotopic (exact) mass is 165 g/mol. The first kappa shape index (κ1) is 10.2. The van der Waals surface area contributed by atoms with Crippen molar-refractivity contribution in [2.24, 2.45) is 0 Å². The Labute approximate surface area is 63.1 Å². The number of hydrogen-bond donors (Lipinski definition) is 5. The van der Waals surface area contributed by atoms with Crippen molar-refractivity contribution in [3.8, 4) is 0 Å². The van der Waals surface area contributed by atoms with E-state index in [2.05, 4.69) is 0 Å². The van der Waals surface area contributed by atoms with E-state index in [0.29, 0.717) is 0 Å². The molecule has 6 heteroatoms. The van der Waals surface area contributed by atoms with E-state index in [4.69, 9.17) is 20.4 Å². The number of rotatable bonds is 4. The lowest BCUT2D eigenvalue weighted by molar-refractivity contribution is -0.0517. The second-order valence-electron chi connectivity index (χ2n) is 2.20. The summed E-state index contributed by atoms with van der Waals surface area (Å²) in [5.41, 5.74) is -1.77. The van der Waals surface area contributed by atoms with E-state index >= 15 is 0 Å². The molecule has 0 aliphatic carbocycles. The van der Waals surface area contributed by atoms with Crippen LogP contribution in [0.1, 0.15) is 0 Å². The number of nitrogens with one attached hydrogen (secondary N) is 1. The zero-order valence-corrected chi connectivity index (χ0v) is 5.82. The molecule has 0 heterocycles. The van der Waals surface area contributed by atoms with Gasteiger partial charge < -0.3 is 25.7 Å². The lowest BCUT2D eigenvalue weighted by Gasteiger charge is -2.22. The summed E-state index contributed by atoms with van der Waals surface area (Å²) in [5, 5.41) is 35.9. The van der Waals surface area contributed by atoms with E-state index < -0.39 is 31.5 Å². The summed E-state index contributed by atoms with van der Waals surface area (Å²) in [5.74, 6) is 0. The minimum absolute atomic E-state index is 0.394. The minimum Gasteiger partial charge on any atom is -0.465 e. The first-order valence-electron chi connectivity index (χ1n) is 2.95. The van der Waals surface area contributed by atoms with Gasteiger partial charge in [0.05, 0.1) is 19.8 Å². The number of carboxylic acid groups (broad SMARTS) is 1. The standard InChI is InChI=1S/C5H11NO5/c7-2-5(11,3-8)1-6-4(9)10/h6-8,11H,1-3H2,(H,9,10). The zero-order chi connectivity index (χ0) is 8.91. The Morgan fingerprint density at radius 2 is 1.82 bits per heavy atom. The van der Waals surface area contributed by atoms with Gasteiger partial charge in [-0.05, 0) is 0 Å². The van der Waals surface area contributed by atoms with Gasteiger partial charge in [-0.2, -0.15) is 0 Å². The quantitative estimate of drug-likeness (QED) is 0.330. The van der Waals surface area contributed by atoms with Crippen LogP contribution in [0.2, 0.25) is 0 Å². The molecule has 66 valence electrons. The smallest absolute Gasteiger partial charge is 0.404 e. The summed E-state index contributed by atoms with van der Waals surface area (Å²) in [7, 11) is 0. The molecule has 0 radical (unpaired) electrons. The van der Waals surface area contributed by atoms with Crippen LogP contribution < -0.4 is 5.32 Å². The first-order valence-corrected chi connectivity index (χ1v) is 2.95. The van der Waals surface area contributed by atoms with E-state index in [1.807, 2.05) is 5.32 Å². The molecule has 0 unspecified atom stereocenters. The van der Waals surface area contributed by atoms with Gasteiger partial charge in [0.2, 0.25) is 0 Å². The highest BCUT2D eigenvalue weighted by Gasteiger charge is 2.25. The maximum absolute atomic E-state index is 9.89. The molecule has 0 aromatic carbocycles. The van der Waals surface area contributed by atoms with E-state index in [0.717, 1.165) is 0 Å². The highest BCUT2D eigenvalue weighted by Crippen LogP contribution is 1.98. The third-order valence-corrected chi connectivity index (χ3v) is 1.16. The second-order valence-corrected chi connectivity index (χ2v) is 2.20. The molecular formula is C5H11NO5. The summed E-state index contributed by atoms with van der Waals surface area (Å²) in [6.45, 7) is -1.77. The number of hydrogen-bond acceptors (Lipinski definition) is 4. The number of aliphatic hydroxyl groups excluding tert-OH is 2. The van der Waals surface area contributed by atoms with Gasteiger partial charge in [0, 0.05) is 0 Å². The molecule has 0 rings (SSSR count). The second kappa shape index (κ2) is 4.12. The van der Waals surface area contributed by atoms with Gasteiger partial charge >= 0.3 is 6.09 Å². The Hall–Kier alpha value is -0.850. The molecule has 5 N–H and O–H groups in total. The lowest BCUT2D eigenvalue weighted by atomic mass is 10.1. The summed E-state index contributed by atoms with van der Waals surface area (Å²) in [4.78, 5) is 9.89. The van der Waals surface area contributed by atoms with Crippen LogP contribution in [0.25, 0.3) is 0 Å². The SMILES string of the molecule is O=C(O)NCC(O)(CO)CO. The van der Waals surface area contributed by atoms with Crippen LogP contribution in [0.3, 0.4) is 0 Å². The van der Waals surface area contributed by atoms with Gasteiger partial charge in [-0.3, -0.25) is 0 Å². The van der Waals surface area contributed by atoms with Crippen molar-refractivity contribution in [2.75, 3.05) is 19.8 Å². The Morgan fingerprint density at radius 1 is 1.36 bits per heavy atom. The van der Waals surface area contributed by atoms with Gasteiger partial charge in [0.15, 0.2) is 0 Å². The van der Waals surface area contributed by atoms with Crippen LogP contribution in [0.15, 0.2) is 0 Å². The van der Waals surface area contributed by atoms with Gasteiger partial charge in [0.25, 0.3) is 0 Å². The maximum atomic E-state index is 9.89. The Bertz CT molecular complexity index is 133. The van der Waals surface area contributed by atoms with Crippen molar-refractivity contribution in [2.45, 2.75) is 5.60 Å². The molecule has 0 saturated heterocycles. The maximum Gasteiger partial charge on any atom is 0.404 e. The molecule has 0 bridgehead atoms. The van der Waals surface area contributed by atoms with Gasteiger partial charge in [-0.25, -0.2) is 4.79 Å². The zero-order valence-electron chi connectivity index (χ0n) is 5.82. The molecule has 0 aliphatic rings. The average molecular weight is 165 g/mol. The molecule has 11 heavy (non-hydrogen) atoms. The third kappa shape index (κ3) is 3.76. The molecule has 0 aliphatic heterocycles. The Morgan fingerprint density at radius 3 is 2.09 bits per heavy atom. The van der Waals surface area contributed by atoms with Crippen LogP contribution in [0.4, 0.5) is 4.79 Å². The van der Waals surface area contributed by atoms with Crippen molar-refractivity contribution in [3.63, 3.8) is 0 Å². The minimum atomic E-state index is -1.77. The van der Waals surface area contributed by atoms with E-state index in [9.17, 15) is 4.79 Å². The van der Waals surface area contributed by atoms with E-state index in [1.54, 1.807) is 0 Å². The van der Waals surface area contributed by atoms with Crippen molar-refractivity contribution in [3.05, 3.63) is 0 Å². The van der Waals surface area contributed by atoms with E-state index in [1.165, 1.54) is 0 Å². The van der Waals surface area contributed by atoms with Crippen LogP contribution in [0, 0.1) is 0 Å². The van der Waals surface area contributed by atoms with Crippen molar-refractivity contribution < 1.29 is 25.2 Å². The molecule has 0 saturated carbocycles. The summed E-state index contributed by atoms with van der Waals surface area (Å²) >= 11 is 0. The van der Waals surface area contributed by atoms with Crippen LogP contribution >= 0.6 is 0 Å². The van der Waals surface area contributed by atoms with Crippen LogP contribution in [0.5, 0.6) is 0 Å². The molecule has 0 atom stereocenters.